The van der Waals surface area contributed by atoms with Crippen LogP contribution in [0.1, 0.15) is 29.9 Å². The van der Waals surface area contributed by atoms with E-state index in [0.717, 1.165) is 29.4 Å². The van der Waals surface area contributed by atoms with Crippen molar-refractivity contribution < 1.29 is 0 Å². The van der Waals surface area contributed by atoms with Crippen molar-refractivity contribution >= 4 is 11.6 Å². The van der Waals surface area contributed by atoms with Crippen LogP contribution >= 0.6 is 11.6 Å². The van der Waals surface area contributed by atoms with Crippen LogP contribution in [0.3, 0.4) is 0 Å². The molecule has 0 aliphatic rings. The van der Waals surface area contributed by atoms with E-state index in [0.29, 0.717) is 0 Å². The van der Waals surface area contributed by atoms with Crippen molar-refractivity contribution in [1.29, 1.82) is 0 Å². The second-order valence-electron chi connectivity index (χ2n) is 4.78. The molecule has 1 aromatic heterocycles. The maximum atomic E-state index is 6.09. The summed E-state index contributed by atoms with van der Waals surface area (Å²) in [4.78, 5) is 4.40. The molecule has 19 heavy (non-hydrogen) atoms. The van der Waals surface area contributed by atoms with Crippen molar-refractivity contribution in [3.05, 3.63) is 52.6 Å². The molecule has 0 bridgehead atoms. The summed E-state index contributed by atoms with van der Waals surface area (Å²) in [5.74, 6) is 1.08. The van der Waals surface area contributed by atoms with E-state index in [4.69, 9.17) is 11.6 Å². The Labute approximate surface area is 119 Å². The minimum Gasteiger partial charge on any atom is -0.338 e. The van der Waals surface area contributed by atoms with E-state index in [9.17, 15) is 0 Å². The maximum absolute atomic E-state index is 6.09. The van der Waals surface area contributed by atoms with Crippen molar-refractivity contribution in [2.75, 3.05) is 6.54 Å². The summed E-state index contributed by atoms with van der Waals surface area (Å²) < 4.78 is 2.06. The largest absolute Gasteiger partial charge is 0.338 e. The zero-order valence-corrected chi connectivity index (χ0v) is 12.4. The van der Waals surface area contributed by atoms with Crippen LogP contribution in [0.15, 0.2) is 30.6 Å². The minimum atomic E-state index is 0.266. The summed E-state index contributed by atoms with van der Waals surface area (Å²) in [7, 11) is 2.03. The number of nitrogens with one attached hydrogen (secondary N) is 1. The first-order valence-corrected chi connectivity index (χ1v) is 6.95. The van der Waals surface area contributed by atoms with Gasteiger partial charge in [-0.1, -0.05) is 30.7 Å². The quantitative estimate of drug-likeness (QED) is 0.909. The molecular formula is C15H20ClN3. The Morgan fingerprint density at radius 2 is 2.21 bits per heavy atom. The number of hydrogen-bond acceptors (Lipinski definition) is 2. The highest BCUT2D eigenvalue weighted by Gasteiger charge is 2.14. The molecule has 2 aromatic rings. The number of imidazole rings is 1. The predicted octanol–water partition coefficient (Wildman–Crippen LogP) is 3.28. The standard InChI is InChI=1S/C15H20ClN3/c1-4-17-14(10-15-18-7-8-19(15)3)12-5-6-13(16)11(2)9-12/h5-9,14,17H,4,10H2,1-3H3. The normalized spacial score (nSPS) is 12.6. The molecule has 0 spiro atoms. The molecule has 0 aliphatic carbocycles. The van der Waals surface area contributed by atoms with Gasteiger partial charge in [0, 0.05) is 36.9 Å². The summed E-state index contributed by atoms with van der Waals surface area (Å²) >= 11 is 6.09. The summed E-state index contributed by atoms with van der Waals surface area (Å²) in [6, 6.07) is 6.47. The predicted molar refractivity (Wildman–Crippen MR) is 79.5 cm³/mol. The lowest BCUT2D eigenvalue weighted by molar-refractivity contribution is 0.529. The molecule has 0 saturated carbocycles. The van der Waals surface area contributed by atoms with Crippen molar-refractivity contribution in [2.45, 2.75) is 26.3 Å². The van der Waals surface area contributed by atoms with Gasteiger partial charge in [-0.25, -0.2) is 4.98 Å². The fourth-order valence-corrected chi connectivity index (χ4v) is 2.33. The first kappa shape index (κ1) is 14.1. The monoisotopic (exact) mass is 277 g/mol. The van der Waals surface area contributed by atoms with Crippen LogP contribution in [0.4, 0.5) is 0 Å². The lowest BCUT2D eigenvalue weighted by Crippen LogP contribution is -2.24. The van der Waals surface area contributed by atoms with E-state index >= 15 is 0 Å². The van der Waals surface area contributed by atoms with Gasteiger partial charge in [0.2, 0.25) is 0 Å². The van der Waals surface area contributed by atoms with Gasteiger partial charge >= 0.3 is 0 Å². The fraction of sp³-hybridized carbons (Fsp3) is 0.400. The van der Waals surface area contributed by atoms with E-state index < -0.39 is 0 Å². The number of halogens is 1. The average Bonchev–Trinajstić information content (AvgIpc) is 2.78. The van der Waals surface area contributed by atoms with Crippen LogP contribution in [0, 0.1) is 6.92 Å². The average molecular weight is 278 g/mol. The highest BCUT2D eigenvalue weighted by Crippen LogP contribution is 2.23. The Balaban J connectivity index is 2.24. The van der Waals surface area contributed by atoms with Crippen LogP contribution in [0.5, 0.6) is 0 Å². The highest BCUT2D eigenvalue weighted by atomic mass is 35.5. The third kappa shape index (κ3) is 3.37. The second kappa shape index (κ2) is 6.22. The number of nitrogens with zero attached hydrogens (tertiary/aromatic N) is 2. The second-order valence-corrected chi connectivity index (χ2v) is 5.18. The Hall–Kier alpha value is -1.32. The van der Waals surface area contributed by atoms with Gasteiger partial charge in [0.15, 0.2) is 0 Å². The Morgan fingerprint density at radius 1 is 1.42 bits per heavy atom. The fourth-order valence-electron chi connectivity index (χ4n) is 2.21. The molecule has 102 valence electrons. The molecule has 3 nitrogen and oxygen atoms in total. The number of likely N-dealkylation sites (N-methyl/N-ethyl adjacent to an activating group) is 1. The third-order valence-corrected chi connectivity index (χ3v) is 3.77. The molecule has 0 aliphatic heterocycles. The van der Waals surface area contributed by atoms with E-state index in [-0.39, 0.29) is 6.04 Å². The molecule has 1 aromatic carbocycles. The molecule has 1 heterocycles. The third-order valence-electron chi connectivity index (χ3n) is 3.34. The molecule has 0 saturated heterocycles. The summed E-state index contributed by atoms with van der Waals surface area (Å²) in [6.07, 6.45) is 4.69. The molecule has 4 heteroatoms. The Kier molecular flexibility index (Phi) is 4.61. The summed E-state index contributed by atoms with van der Waals surface area (Å²) in [6.45, 7) is 5.08. The molecule has 1 unspecified atom stereocenters. The number of benzene rings is 1. The van der Waals surface area contributed by atoms with Crippen LogP contribution in [-0.4, -0.2) is 16.1 Å². The summed E-state index contributed by atoms with van der Waals surface area (Å²) in [5.41, 5.74) is 2.37. The zero-order chi connectivity index (χ0) is 13.8. The van der Waals surface area contributed by atoms with Crippen molar-refractivity contribution in [3.63, 3.8) is 0 Å². The molecule has 1 atom stereocenters. The first-order chi connectivity index (χ1) is 9.11. The van der Waals surface area contributed by atoms with Gasteiger partial charge < -0.3 is 9.88 Å². The van der Waals surface area contributed by atoms with E-state index in [1.807, 2.05) is 32.4 Å². The SMILES string of the molecule is CCNC(Cc1nccn1C)c1ccc(Cl)c(C)c1. The van der Waals surface area contributed by atoms with Crippen molar-refractivity contribution in [1.82, 2.24) is 14.9 Å². The maximum Gasteiger partial charge on any atom is 0.110 e. The summed E-state index contributed by atoms with van der Waals surface area (Å²) in [5, 5.41) is 4.33. The number of rotatable bonds is 5. The van der Waals surface area contributed by atoms with Gasteiger partial charge in [0.1, 0.15) is 5.82 Å². The first-order valence-electron chi connectivity index (χ1n) is 6.57. The van der Waals surface area contributed by atoms with Gasteiger partial charge in [-0.3, -0.25) is 0 Å². The lowest BCUT2D eigenvalue weighted by atomic mass is 10.0. The number of aromatic nitrogens is 2. The van der Waals surface area contributed by atoms with Crippen LogP contribution in [-0.2, 0) is 13.5 Å². The number of hydrogen-bond donors (Lipinski definition) is 1. The van der Waals surface area contributed by atoms with Gasteiger partial charge in [-0.2, -0.15) is 0 Å². The van der Waals surface area contributed by atoms with Gasteiger partial charge in [-0.15, -0.1) is 0 Å². The Morgan fingerprint density at radius 3 is 2.79 bits per heavy atom. The minimum absolute atomic E-state index is 0.266. The molecule has 0 radical (unpaired) electrons. The molecule has 0 fully saturated rings. The topological polar surface area (TPSA) is 29.9 Å². The zero-order valence-electron chi connectivity index (χ0n) is 11.7. The van der Waals surface area contributed by atoms with Crippen LogP contribution < -0.4 is 5.32 Å². The number of aryl methyl sites for hydroxylation is 2. The van der Waals surface area contributed by atoms with Gasteiger partial charge in [0.25, 0.3) is 0 Å². The molecule has 0 amide bonds. The highest BCUT2D eigenvalue weighted by molar-refractivity contribution is 6.31. The lowest BCUT2D eigenvalue weighted by Gasteiger charge is -2.19. The van der Waals surface area contributed by atoms with Gasteiger partial charge in [-0.05, 0) is 30.7 Å². The van der Waals surface area contributed by atoms with Crippen LogP contribution in [0.25, 0.3) is 0 Å². The molecular weight excluding hydrogens is 258 g/mol. The van der Waals surface area contributed by atoms with E-state index in [2.05, 4.69) is 33.9 Å². The molecule has 2 rings (SSSR count). The van der Waals surface area contributed by atoms with E-state index in [1.54, 1.807) is 0 Å². The van der Waals surface area contributed by atoms with Crippen molar-refractivity contribution in [2.24, 2.45) is 7.05 Å². The van der Waals surface area contributed by atoms with Crippen molar-refractivity contribution in [3.8, 4) is 0 Å². The Bertz CT molecular complexity index is 548. The van der Waals surface area contributed by atoms with Gasteiger partial charge in [0.05, 0.1) is 0 Å². The van der Waals surface area contributed by atoms with E-state index in [1.165, 1.54) is 5.56 Å². The van der Waals surface area contributed by atoms with Crippen LogP contribution in [0.2, 0.25) is 5.02 Å². The molecule has 1 N–H and O–H groups in total. The smallest absolute Gasteiger partial charge is 0.110 e.